The van der Waals surface area contributed by atoms with Crippen molar-refractivity contribution in [1.82, 2.24) is 14.9 Å². The number of carbonyl (C=O) groups excluding carboxylic acids is 1. The number of benzene rings is 1. The molecule has 4 heteroatoms. The summed E-state index contributed by atoms with van der Waals surface area (Å²) in [7, 11) is 0. The molecule has 2 aromatic rings. The number of rotatable bonds is 3. The van der Waals surface area contributed by atoms with E-state index in [1.807, 2.05) is 35.8 Å². The third-order valence-electron chi connectivity index (χ3n) is 4.53. The zero-order valence-corrected chi connectivity index (χ0v) is 12.8. The predicted octanol–water partition coefficient (Wildman–Crippen LogP) is 3.04. The van der Waals surface area contributed by atoms with Gasteiger partial charge in [0.25, 0.3) is 0 Å². The summed E-state index contributed by atoms with van der Waals surface area (Å²) in [6.45, 7) is 4.60. The highest BCUT2D eigenvalue weighted by Gasteiger charge is 2.20. The van der Waals surface area contributed by atoms with Gasteiger partial charge in [-0.05, 0) is 50.7 Å². The predicted molar refractivity (Wildman–Crippen MR) is 84.0 cm³/mol. The molecule has 1 saturated carbocycles. The number of imidazole rings is 1. The number of aromatic nitrogens is 2. The first-order chi connectivity index (χ1) is 10.1. The summed E-state index contributed by atoms with van der Waals surface area (Å²) in [6, 6.07) is 8.32. The largest absolute Gasteiger partial charge is 0.352 e. The highest BCUT2D eigenvalue weighted by molar-refractivity contribution is 5.81. The zero-order chi connectivity index (χ0) is 14.8. The molecule has 1 aliphatic carbocycles. The SMILES string of the molecule is Cc1nc2ccccc2n1CC(=O)NC1CCC(C)CC1. The van der Waals surface area contributed by atoms with Gasteiger partial charge in [-0.2, -0.15) is 0 Å². The molecule has 4 nitrogen and oxygen atoms in total. The fourth-order valence-corrected chi connectivity index (χ4v) is 3.22. The van der Waals surface area contributed by atoms with Crippen LogP contribution in [0.3, 0.4) is 0 Å². The van der Waals surface area contributed by atoms with E-state index in [0.29, 0.717) is 12.6 Å². The maximum atomic E-state index is 12.3. The lowest BCUT2D eigenvalue weighted by Gasteiger charge is -2.27. The Morgan fingerprint density at radius 3 is 2.76 bits per heavy atom. The molecule has 1 fully saturated rings. The fourth-order valence-electron chi connectivity index (χ4n) is 3.22. The molecule has 0 spiro atoms. The molecular weight excluding hydrogens is 262 g/mol. The van der Waals surface area contributed by atoms with E-state index in [9.17, 15) is 4.79 Å². The fraction of sp³-hybridized carbons (Fsp3) is 0.529. The third kappa shape index (κ3) is 3.09. The van der Waals surface area contributed by atoms with E-state index in [4.69, 9.17) is 0 Å². The summed E-state index contributed by atoms with van der Waals surface area (Å²) >= 11 is 0. The van der Waals surface area contributed by atoms with Crippen molar-refractivity contribution in [2.75, 3.05) is 0 Å². The topological polar surface area (TPSA) is 46.9 Å². The number of aryl methyl sites for hydroxylation is 1. The molecule has 0 unspecified atom stereocenters. The minimum absolute atomic E-state index is 0.0980. The Hall–Kier alpha value is -1.84. The van der Waals surface area contributed by atoms with Crippen LogP contribution in [0.25, 0.3) is 11.0 Å². The molecule has 0 atom stereocenters. The number of fused-ring (bicyclic) bond motifs is 1. The van der Waals surface area contributed by atoms with Crippen LogP contribution in [0, 0.1) is 12.8 Å². The molecule has 0 radical (unpaired) electrons. The molecule has 1 N–H and O–H groups in total. The molecule has 21 heavy (non-hydrogen) atoms. The first-order valence-corrected chi connectivity index (χ1v) is 7.84. The summed E-state index contributed by atoms with van der Waals surface area (Å²) in [4.78, 5) is 16.8. The van der Waals surface area contributed by atoms with Crippen molar-refractivity contribution in [2.24, 2.45) is 5.92 Å². The van der Waals surface area contributed by atoms with Gasteiger partial charge in [0, 0.05) is 6.04 Å². The van der Waals surface area contributed by atoms with Crippen LogP contribution in [0.5, 0.6) is 0 Å². The molecule has 0 bridgehead atoms. The smallest absolute Gasteiger partial charge is 0.240 e. The van der Waals surface area contributed by atoms with Crippen molar-refractivity contribution in [3.8, 4) is 0 Å². The standard InChI is InChI=1S/C17H23N3O/c1-12-7-9-14(10-8-12)19-17(21)11-20-13(2)18-15-5-3-4-6-16(15)20/h3-6,12,14H,7-11H2,1-2H3,(H,19,21). The molecule has 1 aromatic carbocycles. The summed E-state index contributed by atoms with van der Waals surface area (Å²) in [6.07, 6.45) is 4.66. The maximum Gasteiger partial charge on any atom is 0.240 e. The third-order valence-corrected chi connectivity index (χ3v) is 4.53. The Balaban J connectivity index is 1.67. The van der Waals surface area contributed by atoms with Gasteiger partial charge in [0.15, 0.2) is 0 Å². The second kappa shape index (κ2) is 5.88. The number of para-hydroxylation sites is 2. The van der Waals surface area contributed by atoms with Crippen LogP contribution in [0.15, 0.2) is 24.3 Å². The van der Waals surface area contributed by atoms with E-state index in [1.54, 1.807) is 0 Å². The molecule has 1 amide bonds. The van der Waals surface area contributed by atoms with Crippen molar-refractivity contribution < 1.29 is 4.79 Å². The molecule has 1 heterocycles. The number of carbonyl (C=O) groups is 1. The minimum atomic E-state index is 0.0980. The van der Waals surface area contributed by atoms with Crippen molar-refractivity contribution in [3.05, 3.63) is 30.1 Å². The molecule has 1 aromatic heterocycles. The number of hydrogen-bond acceptors (Lipinski definition) is 2. The lowest BCUT2D eigenvalue weighted by atomic mass is 9.87. The second-order valence-corrected chi connectivity index (χ2v) is 6.26. The van der Waals surface area contributed by atoms with E-state index < -0.39 is 0 Å². The van der Waals surface area contributed by atoms with Crippen molar-refractivity contribution in [1.29, 1.82) is 0 Å². The van der Waals surface area contributed by atoms with E-state index in [1.165, 1.54) is 12.8 Å². The Labute approximate surface area is 125 Å². The van der Waals surface area contributed by atoms with Crippen molar-refractivity contribution in [3.63, 3.8) is 0 Å². The van der Waals surface area contributed by atoms with Gasteiger partial charge in [0.1, 0.15) is 12.4 Å². The van der Waals surface area contributed by atoms with Crippen LogP contribution < -0.4 is 5.32 Å². The quantitative estimate of drug-likeness (QED) is 0.942. The number of hydrogen-bond donors (Lipinski definition) is 1. The van der Waals surface area contributed by atoms with Crippen LogP contribution >= 0.6 is 0 Å². The maximum absolute atomic E-state index is 12.3. The van der Waals surface area contributed by atoms with E-state index in [2.05, 4.69) is 17.2 Å². The lowest BCUT2D eigenvalue weighted by Crippen LogP contribution is -2.39. The van der Waals surface area contributed by atoms with E-state index in [-0.39, 0.29) is 5.91 Å². The first-order valence-electron chi connectivity index (χ1n) is 7.84. The van der Waals surface area contributed by atoms with Gasteiger partial charge in [-0.25, -0.2) is 4.98 Å². The van der Waals surface area contributed by atoms with Crippen molar-refractivity contribution >= 4 is 16.9 Å². The highest BCUT2D eigenvalue weighted by atomic mass is 16.2. The van der Waals surface area contributed by atoms with Gasteiger partial charge in [-0.1, -0.05) is 19.1 Å². The number of amides is 1. The summed E-state index contributed by atoms with van der Waals surface area (Å²) in [5.74, 6) is 1.79. The Morgan fingerprint density at radius 2 is 2.00 bits per heavy atom. The molecule has 112 valence electrons. The van der Waals surface area contributed by atoms with E-state index >= 15 is 0 Å². The van der Waals surface area contributed by atoms with Gasteiger partial charge >= 0.3 is 0 Å². The molecular formula is C17H23N3O. The Morgan fingerprint density at radius 1 is 1.29 bits per heavy atom. The summed E-state index contributed by atoms with van der Waals surface area (Å²) in [5.41, 5.74) is 1.98. The Kier molecular flexibility index (Phi) is 3.95. The van der Waals surface area contributed by atoms with Crippen LogP contribution in [0.2, 0.25) is 0 Å². The molecule has 0 saturated heterocycles. The summed E-state index contributed by atoms with van der Waals surface area (Å²) < 4.78 is 2.00. The van der Waals surface area contributed by atoms with Crippen LogP contribution in [0.4, 0.5) is 0 Å². The molecule has 3 rings (SSSR count). The van der Waals surface area contributed by atoms with Crippen LogP contribution in [-0.2, 0) is 11.3 Å². The second-order valence-electron chi connectivity index (χ2n) is 6.26. The summed E-state index contributed by atoms with van der Waals surface area (Å²) in [5, 5.41) is 3.18. The monoisotopic (exact) mass is 285 g/mol. The normalized spacial score (nSPS) is 22.4. The van der Waals surface area contributed by atoms with Gasteiger partial charge < -0.3 is 9.88 Å². The average molecular weight is 285 g/mol. The van der Waals surface area contributed by atoms with Gasteiger partial charge in [0.05, 0.1) is 11.0 Å². The van der Waals surface area contributed by atoms with E-state index in [0.717, 1.165) is 35.6 Å². The van der Waals surface area contributed by atoms with Gasteiger partial charge in [-0.3, -0.25) is 4.79 Å². The zero-order valence-electron chi connectivity index (χ0n) is 12.8. The van der Waals surface area contributed by atoms with Crippen LogP contribution in [0.1, 0.15) is 38.4 Å². The van der Waals surface area contributed by atoms with Gasteiger partial charge in [-0.15, -0.1) is 0 Å². The minimum Gasteiger partial charge on any atom is -0.352 e. The lowest BCUT2D eigenvalue weighted by molar-refractivity contribution is -0.122. The number of nitrogens with one attached hydrogen (secondary N) is 1. The average Bonchev–Trinajstić information content (AvgIpc) is 2.78. The number of nitrogens with zero attached hydrogens (tertiary/aromatic N) is 2. The van der Waals surface area contributed by atoms with Crippen molar-refractivity contribution in [2.45, 2.75) is 52.1 Å². The molecule has 0 aliphatic heterocycles. The Bertz CT molecular complexity index is 639. The highest BCUT2D eigenvalue weighted by Crippen LogP contribution is 2.23. The van der Waals surface area contributed by atoms with Gasteiger partial charge in [0.2, 0.25) is 5.91 Å². The first kappa shape index (κ1) is 14.1. The van der Waals surface area contributed by atoms with Crippen LogP contribution in [-0.4, -0.2) is 21.5 Å². The molecule has 1 aliphatic rings.